The number of pyridine rings is 1. The van der Waals surface area contributed by atoms with Crippen LogP contribution in [0.4, 0.5) is 9.18 Å². The van der Waals surface area contributed by atoms with Gasteiger partial charge in [-0.3, -0.25) is 14.7 Å². The first-order valence-electron chi connectivity index (χ1n) is 11.6. The zero-order valence-corrected chi connectivity index (χ0v) is 19.8. The molecule has 2 amide bonds. The standard InChI is InChI=1S/C27H29FN4O3/c1-18(21-10-12-29-13-11-21)30-15-20-6-8-22(9-7-20)25-5-3-4-23(14-26(25)28)32-17-24(35-27(32)34)16-31-19(2)33/h3-4,6-14,18,24,30H,5,15-17H2,1-2H3,(H,31,33). The van der Waals surface area contributed by atoms with Crippen molar-refractivity contribution in [2.45, 2.75) is 39.0 Å². The van der Waals surface area contributed by atoms with Gasteiger partial charge in [0.05, 0.1) is 13.1 Å². The minimum absolute atomic E-state index is 0.184. The van der Waals surface area contributed by atoms with E-state index in [2.05, 4.69) is 22.5 Å². The predicted octanol–water partition coefficient (Wildman–Crippen LogP) is 4.41. The van der Waals surface area contributed by atoms with Crippen molar-refractivity contribution in [1.82, 2.24) is 20.5 Å². The Bertz CT molecular complexity index is 1160. The molecule has 2 heterocycles. The van der Waals surface area contributed by atoms with Crippen molar-refractivity contribution in [2.24, 2.45) is 0 Å². The number of aromatic nitrogens is 1. The third-order valence-corrected chi connectivity index (χ3v) is 6.06. The van der Waals surface area contributed by atoms with Crippen molar-refractivity contribution in [1.29, 1.82) is 0 Å². The van der Waals surface area contributed by atoms with Crippen molar-refractivity contribution < 1.29 is 18.7 Å². The van der Waals surface area contributed by atoms with E-state index in [0.717, 1.165) is 11.1 Å². The second-order valence-corrected chi connectivity index (χ2v) is 8.64. The Morgan fingerprint density at radius 2 is 1.97 bits per heavy atom. The van der Waals surface area contributed by atoms with E-state index < -0.39 is 12.2 Å². The van der Waals surface area contributed by atoms with Crippen molar-refractivity contribution in [2.75, 3.05) is 13.1 Å². The fourth-order valence-electron chi connectivity index (χ4n) is 4.04. The molecule has 2 aromatic rings. The zero-order valence-electron chi connectivity index (χ0n) is 19.8. The molecule has 0 radical (unpaired) electrons. The number of amides is 2. The smallest absolute Gasteiger partial charge is 0.414 e. The maximum absolute atomic E-state index is 15.2. The number of ether oxygens (including phenoxy) is 1. The number of hydrogen-bond donors (Lipinski definition) is 2. The van der Waals surface area contributed by atoms with E-state index >= 15 is 4.39 Å². The van der Waals surface area contributed by atoms with Gasteiger partial charge in [-0.15, -0.1) is 0 Å². The quantitative estimate of drug-likeness (QED) is 0.590. The van der Waals surface area contributed by atoms with Gasteiger partial charge in [-0.25, -0.2) is 9.18 Å². The fraction of sp³-hybridized carbons (Fsp3) is 0.296. The number of halogens is 1. The number of carbonyl (C=O) groups is 2. The minimum atomic E-state index is -0.551. The molecule has 0 saturated carbocycles. The van der Waals surface area contributed by atoms with Gasteiger partial charge < -0.3 is 15.4 Å². The Morgan fingerprint density at radius 1 is 1.23 bits per heavy atom. The van der Waals surface area contributed by atoms with Gasteiger partial charge in [0.15, 0.2) is 0 Å². The number of cyclic esters (lactones) is 1. The zero-order chi connectivity index (χ0) is 24.8. The van der Waals surface area contributed by atoms with Crippen LogP contribution in [-0.2, 0) is 16.1 Å². The van der Waals surface area contributed by atoms with Gasteiger partial charge >= 0.3 is 6.09 Å². The van der Waals surface area contributed by atoms with E-state index in [1.807, 2.05) is 42.5 Å². The summed E-state index contributed by atoms with van der Waals surface area (Å²) < 4.78 is 20.5. The summed E-state index contributed by atoms with van der Waals surface area (Å²) in [5, 5.41) is 6.12. The molecule has 7 nitrogen and oxygen atoms in total. The Hall–Kier alpha value is -3.78. The second-order valence-electron chi connectivity index (χ2n) is 8.64. The molecule has 0 spiro atoms. The van der Waals surface area contributed by atoms with Gasteiger partial charge in [0.25, 0.3) is 0 Å². The molecule has 1 aliphatic carbocycles. The lowest BCUT2D eigenvalue weighted by Gasteiger charge is -2.14. The highest BCUT2D eigenvalue weighted by Crippen LogP contribution is 2.30. The van der Waals surface area contributed by atoms with Crippen molar-refractivity contribution in [3.05, 3.63) is 95.2 Å². The van der Waals surface area contributed by atoms with Crippen molar-refractivity contribution in [3.8, 4) is 0 Å². The molecule has 35 heavy (non-hydrogen) atoms. The van der Waals surface area contributed by atoms with Gasteiger partial charge in [0, 0.05) is 37.6 Å². The molecule has 4 rings (SSSR count). The SMILES string of the molecule is CC(=O)NCC1CN(C2=CC(F)=C(c3ccc(CNC(C)c4ccncc4)cc3)CC=C2)C(=O)O1. The van der Waals surface area contributed by atoms with Crippen LogP contribution < -0.4 is 10.6 Å². The van der Waals surface area contributed by atoms with Crippen LogP contribution in [0.1, 0.15) is 43.0 Å². The molecule has 2 unspecified atom stereocenters. The molecule has 1 aromatic carbocycles. The Balaban J connectivity index is 1.41. The summed E-state index contributed by atoms with van der Waals surface area (Å²) in [5.74, 6) is -0.586. The summed E-state index contributed by atoms with van der Waals surface area (Å²) in [6, 6.07) is 12.0. The topological polar surface area (TPSA) is 83.6 Å². The van der Waals surface area contributed by atoms with Gasteiger partial charge in [-0.05, 0) is 59.9 Å². The molecule has 1 fully saturated rings. The number of hydrogen-bond acceptors (Lipinski definition) is 5. The first-order valence-corrected chi connectivity index (χ1v) is 11.6. The highest BCUT2D eigenvalue weighted by atomic mass is 19.1. The molecule has 2 atom stereocenters. The van der Waals surface area contributed by atoms with Crippen LogP contribution in [0.3, 0.4) is 0 Å². The maximum Gasteiger partial charge on any atom is 0.414 e. The normalized spacial score (nSPS) is 18.7. The van der Waals surface area contributed by atoms with E-state index in [-0.39, 0.29) is 30.9 Å². The monoisotopic (exact) mass is 476 g/mol. The fourth-order valence-corrected chi connectivity index (χ4v) is 4.04. The number of nitrogens with one attached hydrogen (secondary N) is 2. The number of carbonyl (C=O) groups excluding carboxylic acids is 2. The van der Waals surface area contributed by atoms with Crippen LogP contribution in [0.5, 0.6) is 0 Å². The van der Waals surface area contributed by atoms with Crippen LogP contribution in [0.25, 0.3) is 5.57 Å². The minimum Gasteiger partial charge on any atom is -0.442 e. The Morgan fingerprint density at radius 3 is 2.69 bits per heavy atom. The number of benzene rings is 1. The molecule has 1 saturated heterocycles. The third kappa shape index (κ3) is 6.22. The average molecular weight is 477 g/mol. The van der Waals surface area contributed by atoms with Gasteiger partial charge in [-0.2, -0.15) is 0 Å². The van der Waals surface area contributed by atoms with E-state index in [1.165, 1.54) is 23.5 Å². The van der Waals surface area contributed by atoms with E-state index in [4.69, 9.17) is 4.74 Å². The van der Waals surface area contributed by atoms with Gasteiger partial charge in [-0.1, -0.05) is 30.3 Å². The van der Waals surface area contributed by atoms with Gasteiger partial charge in [0.2, 0.25) is 5.91 Å². The lowest BCUT2D eigenvalue weighted by atomic mass is 10.0. The average Bonchev–Trinajstić information content (AvgIpc) is 3.13. The molecule has 1 aliphatic heterocycles. The molecular formula is C27H29FN4O3. The first kappa shape index (κ1) is 24.3. The molecule has 182 valence electrons. The molecule has 2 aliphatic rings. The summed E-state index contributed by atoms with van der Waals surface area (Å²) in [7, 11) is 0. The number of rotatable bonds is 8. The highest BCUT2D eigenvalue weighted by molar-refractivity contribution is 5.76. The summed E-state index contributed by atoms with van der Waals surface area (Å²) in [4.78, 5) is 28.9. The van der Waals surface area contributed by atoms with Crippen LogP contribution in [0, 0.1) is 0 Å². The predicted molar refractivity (Wildman–Crippen MR) is 131 cm³/mol. The van der Waals surface area contributed by atoms with E-state index in [9.17, 15) is 9.59 Å². The van der Waals surface area contributed by atoms with E-state index in [1.54, 1.807) is 18.5 Å². The van der Waals surface area contributed by atoms with E-state index in [0.29, 0.717) is 24.2 Å². The third-order valence-electron chi connectivity index (χ3n) is 6.06. The summed E-state index contributed by atoms with van der Waals surface area (Å²) >= 11 is 0. The largest absolute Gasteiger partial charge is 0.442 e. The second kappa shape index (κ2) is 11.1. The Labute approximate surface area is 204 Å². The summed E-state index contributed by atoms with van der Waals surface area (Å²) in [5.41, 5.74) is 4.05. The van der Waals surface area contributed by atoms with Crippen molar-refractivity contribution in [3.63, 3.8) is 0 Å². The molecular weight excluding hydrogens is 447 g/mol. The first-order chi connectivity index (χ1) is 16.9. The Kier molecular flexibility index (Phi) is 7.72. The number of allylic oxidation sites excluding steroid dienone is 5. The van der Waals surface area contributed by atoms with Crippen LogP contribution >= 0.6 is 0 Å². The summed E-state index contributed by atoms with van der Waals surface area (Å²) in [6.07, 6.45) is 7.88. The lowest BCUT2D eigenvalue weighted by molar-refractivity contribution is -0.119. The molecule has 2 N–H and O–H groups in total. The lowest BCUT2D eigenvalue weighted by Crippen LogP contribution is -2.33. The number of nitrogens with zero attached hydrogens (tertiary/aromatic N) is 2. The molecule has 0 bridgehead atoms. The maximum atomic E-state index is 15.2. The molecule has 8 heteroatoms. The van der Waals surface area contributed by atoms with Crippen LogP contribution in [0.2, 0.25) is 0 Å². The van der Waals surface area contributed by atoms with Crippen LogP contribution in [-0.4, -0.2) is 41.1 Å². The van der Waals surface area contributed by atoms with Gasteiger partial charge in [0.1, 0.15) is 11.9 Å². The highest BCUT2D eigenvalue weighted by Gasteiger charge is 2.33. The van der Waals surface area contributed by atoms with Crippen LogP contribution in [0.15, 0.2) is 78.5 Å². The molecule has 1 aromatic heterocycles. The van der Waals surface area contributed by atoms with Crippen molar-refractivity contribution >= 4 is 17.6 Å². The summed E-state index contributed by atoms with van der Waals surface area (Å²) in [6.45, 7) is 4.66.